The van der Waals surface area contributed by atoms with Crippen LogP contribution in [0.1, 0.15) is 12.5 Å². The second kappa shape index (κ2) is 8.82. The lowest BCUT2D eigenvalue weighted by molar-refractivity contribution is -0.136. The van der Waals surface area contributed by atoms with Crippen LogP contribution in [0.15, 0.2) is 84.9 Å². The predicted octanol–water partition coefficient (Wildman–Crippen LogP) is 5.23. The van der Waals surface area contributed by atoms with Crippen molar-refractivity contribution in [2.24, 2.45) is 0 Å². The summed E-state index contributed by atoms with van der Waals surface area (Å²) in [6.07, 6.45) is 0.0881. The molecule has 0 spiro atoms. The van der Waals surface area contributed by atoms with Crippen molar-refractivity contribution in [3.05, 3.63) is 90.5 Å². The third kappa shape index (κ3) is 5.17. The largest absolute Gasteiger partial charge is 0.481 e. The number of carboxylic acids is 1. The van der Waals surface area contributed by atoms with Crippen molar-refractivity contribution >= 4 is 33.5 Å². The normalized spacial score (nSPS) is 10.2. The minimum absolute atomic E-state index is 0.0881. The first-order chi connectivity index (χ1) is 13.5. The number of ether oxygens (including phenoxy) is 1. The average Bonchev–Trinajstić information content (AvgIpc) is 2.67. The van der Waals surface area contributed by atoms with E-state index < -0.39 is 5.97 Å². The summed E-state index contributed by atoms with van der Waals surface area (Å²) in [5.41, 5.74) is 0.844. The predicted molar refractivity (Wildman–Crippen MR) is 111 cm³/mol. The van der Waals surface area contributed by atoms with E-state index in [9.17, 15) is 9.59 Å². The fourth-order valence-corrected chi connectivity index (χ4v) is 2.92. The number of benzene rings is 4. The van der Waals surface area contributed by atoms with E-state index in [1.54, 1.807) is 6.07 Å². The quantitative estimate of drug-likeness (QED) is 0.395. The number of esters is 1. The van der Waals surface area contributed by atoms with Gasteiger partial charge in [0.15, 0.2) is 0 Å². The van der Waals surface area contributed by atoms with Gasteiger partial charge in [-0.15, -0.1) is 0 Å². The van der Waals surface area contributed by atoms with Gasteiger partial charge in [0.1, 0.15) is 5.75 Å². The minimum Gasteiger partial charge on any atom is -0.481 e. The molecule has 0 saturated carbocycles. The maximum absolute atomic E-state index is 10.7. The van der Waals surface area contributed by atoms with Gasteiger partial charge < -0.3 is 9.84 Å². The monoisotopic (exact) mass is 372 g/mol. The van der Waals surface area contributed by atoms with Crippen molar-refractivity contribution in [3.8, 4) is 5.75 Å². The van der Waals surface area contributed by atoms with Gasteiger partial charge in [-0.25, -0.2) is 0 Å². The average molecular weight is 372 g/mol. The molecule has 0 aliphatic carbocycles. The van der Waals surface area contributed by atoms with Gasteiger partial charge in [-0.2, -0.15) is 0 Å². The van der Waals surface area contributed by atoms with Crippen molar-refractivity contribution in [1.29, 1.82) is 0 Å². The lowest BCUT2D eigenvalue weighted by Gasteiger charge is -2.02. The van der Waals surface area contributed by atoms with Crippen LogP contribution in [0.4, 0.5) is 0 Å². The highest BCUT2D eigenvalue weighted by molar-refractivity contribution is 5.85. The van der Waals surface area contributed by atoms with Crippen LogP contribution in [0.25, 0.3) is 21.5 Å². The van der Waals surface area contributed by atoms with E-state index in [4.69, 9.17) is 9.84 Å². The van der Waals surface area contributed by atoms with Gasteiger partial charge in [0.2, 0.25) is 0 Å². The zero-order chi connectivity index (χ0) is 19.9. The summed E-state index contributed by atoms with van der Waals surface area (Å²) in [5, 5.41) is 13.1. The molecular formula is C24H20O4. The number of hydrogen-bond acceptors (Lipinski definition) is 3. The maximum Gasteiger partial charge on any atom is 0.308 e. The van der Waals surface area contributed by atoms with Crippen LogP contribution in [0.5, 0.6) is 5.75 Å². The van der Waals surface area contributed by atoms with Crippen molar-refractivity contribution in [3.63, 3.8) is 0 Å². The molecule has 0 radical (unpaired) electrons. The standard InChI is InChI=1S/2C12H10O2/c1-9(13)14-12-7-6-10-4-2-3-5-11(10)8-12;13-12(14)8-9-5-6-10-3-1-2-4-11(10)7-9/h2-8H,1H3;1-7H,8H2,(H,13,14). The lowest BCUT2D eigenvalue weighted by atomic mass is 10.1. The second-order valence-corrected chi connectivity index (χ2v) is 6.35. The van der Waals surface area contributed by atoms with Crippen LogP contribution >= 0.6 is 0 Å². The van der Waals surface area contributed by atoms with E-state index in [-0.39, 0.29) is 12.4 Å². The van der Waals surface area contributed by atoms with Crippen molar-refractivity contribution in [1.82, 2.24) is 0 Å². The molecule has 28 heavy (non-hydrogen) atoms. The minimum atomic E-state index is -0.791. The molecule has 140 valence electrons. The number of rotatable bonds is 3. The highest BCUT2D eigenvalue weighted by Crippen LogP contribution is 2.20. The van der Waals surface area contributed by atoms with Gasteiger partial charge in [0.05, 0.1) is 6.42 Å². The molecule has 0 aromatic heterocycles. The van der Waals surface area contributed by atoms with Gasteiger partial charge in [0, 0.05) is 6.92 Å². The number of fused-ring (bicyclic) bond motifs is 2. The van der Waals surface area contributed by atoms with E-state index in [0.717, 1.165) is 27.1 Å². The molecule has 0 atom stereocenters. The third-order valence-electron chi connectivity index (χ3n) is 4.15. The molecule has 4 rings (SSSR count). The van der Waals surface area contributed by atoms with E-state index in [1.807, 2.05) is 78.9 Å². The zero-order valence-corrected chi connectivity index (χ0v) is 15.5. The first-order valence-corrected chi connectivity index (χ1v) is 8.88. The molecule has 0 aliphatic heterocycles. The molecule has 4 aromatic rings. The summed E-state index contributed by atoms with van der Waals surface area (Å²) in [7, 11) is 0. The van der Waals surface area contributed by atoms with Crippen molar-refractivity contribution in [2.75, 3.05) is 0 Å². The highest BCUT2D eigenvalue weighted by atomic mass is 16.5. The molecular weight excluding hydrogens is 352 g/mol. The van der Waals surface area contributed by atoms with E-state index in [0.29, 0.717) is 5.75 Å². The molecule has 0 unspecified atom stereocenters. The first-order valence-electron chi connectivity index (χ1n) is 8.88. The van der Waals surface area contributed by atoms with Crippen LogP contribution in [0.3, 0.4) is 0 Å². The zero-order valence-electron chi connectivity index (χ0n) is 15.5. The molecule has 0 fully saturated rings. The summed E-state index contributed by atoms with van der Waals surface area (Å²) in [4.78, 5) is 21.2. The first kappa shape index (κ1) is 19.1. The summed E-state index contributed by atoms with van der Waals surface area (Å²) in [5.74, 6) is -0.489. The van der Waals surface area contributed by atoms with Crippen LogP contribution in [-0.4, -0.2) is 17.0 Å². The molecule has 0 aliphatic rings. The van der Waals surface area contributed by atoms with Crippen molar-refractivity contribution < 1.29 is 19.4 Å². The fraction of sp³-hybridized carbons (Fsp3) is 0.0833. The molecule has 0 bridgehead atoms. The number of carboxylic acid groups (broad SMARTS) is 1. The second-order valence-electron chi connectivity index (χ2n) is 6.35. The van der Waals surface area contributed by atoms with Gasteiger partial charge in [-0.05, 0) is 39.2 Å². The SMILES string of the molecule is CC(=O)Oc1ccc2ccccc2c1.O=C(O)Cc1ccc2ccccc2c1. The molecule has 0 amide bonds. The van der Waals surface area contributed by atoms with Gasteiger partial charge in [-0.1, -0.05) is 72.8 Å². The molecule has 4 nitrogen and oxygen atoms in total. The van der Waals surface area contributed by atoms with Gasteiger partial charge in [-0.3, -0.25) is 9.59 Å². The number of hydrogen-bond donors (Lipinski definition) is 1. The summed E-state index contributed by atoms with van der Waals surface area (Å²) in [6.45, 7) is 1.40. The maximum atomic E-state index is 10.7. The number of carbonyl (C=O) groups is 2. The molecule has 1 N–H and O–H groups in total. The highest BCUT2D eigenvalue weighted by Gasteiger charge is 2.01. The fourth-order valence-electron chi connectivity index (χ4n) is 2.92. The van der Waals surface area contributed by atoms with Crippen molar-refractivity contribution in [2.45, 2.75) is 13.3 Å². The van der Waals surface area contributed by atoms with Crippen LogP contribution < -0.4 is 4.74 Å². The third-order valence-corrected chi connectivity index (χ3v) is 4.15. The van der Waals surface area contributed by atoms with Crippen LogP contribution in [0, 0.1) is 0 Å². The Morgan fingerprint density at radius 1 is 0.750 bits per heavy atom. The Kier molecular flexibility index (Phi) is 6.02. The lowest BCUT2D eigenvalue weighted by Crippen LogP contribution is -2.00. The van der Waals surface area contributed by atoms with E-state index in [1.165, 1.54) is 6.92 Å². The Bertz CT molecular complexity index is 1040. The van der Waals surface area contributed by atoms with Crippen LogP contribution in [0.2, 0.25) is 0 Å². The Labute approximate surface area is 163 Å². The van der Waals surface area contributed by atoms with E-state index >= 15 is 0 Å². The summed E-state index contributed by atoms with van der Waals surface area (Å²) in [6, 6.07) is 27.2. The molecule has 0 saturated heterocycles. The topological polar surface area (TPSA) is 63.6 Å². The Balaban J connectivity index is 0.000000161. The number of aliphatic carboxylic acids is 1. The molecule has 0 heterocycles. The Hall–Kier alpha value is -3.66. The smallest absolute Gasteiger partial charge is 0.308 e. The van der Waals surface area contributed by atoms with Gasteiger partial charge in [0.25, 0.3) is 0 Å². The summed E-state index contributed by atoms with van der Waals surface area (Å²) < 4.78 is 4.98. The Morgan fingerprint density at radius 3 is 1.86 bits per heavy atom. The van der Waals surface area contributed by atoms with Gasteiger partial charge >= 0.3 is 11.9 Å². The molecule has 4 heteroatoms. The van der Waals surface area contributed by atoms with Crippen LogP contribution in [-0.2, 0) is 16.0 Å². The van der Waals surface area contributed by atoms with E-state index in [2.05, 4.69) is 0 Å². The summed E-state index contributed by atoms with van der Waals surface area (Å²) >= 11 is 0. The number of carbonyl (C=O) groups excluding carboxylic acids is 1. The Morgan fingerprint density at radius 2 is 1.29 bits per heavy atom. The molecule has 4 aromatic carbocycles.